The van der Waals surface area contributed by atoms with E-state index in [-0.39, 0.29) is 5.28 Å². The fourth-order valence-electron chi connectivity index (χ4n) is 4.70. The number of hydrogen-bond donors (Lipinski definition) is 0. The summed E-state index contributed by atoms with van der Waals surface area (Å²) in [5, 5.41) is 2.37. The number of nitrogens with zero attached hydrogens (tertiary/aromatic N) is 4. The molecule has 4 nitrogen and oxygen atoms in total. The number of fused-ring (bicyclic) bond motifs is 3. The van der Waals surface area contributed by atoms with E-state index >= 15 is 0 Å². The first kappa shape index (κ1) is 22.7. The lowest BCUT2D eigenvalue weighted by Crippen LogP contribution is -1.96. The van der Waals surface area contributed by atoms with E-state index in [4.69, 9.17) is 21.6 Å². The molecule has 0 saturated carbocycles. The van der Waals surface area contributed by atoms with Crippen molar-refractivity contribution in [3.05, 3.63) is 121 Å². The molecule has 0 aliphatic heterocycles. The van der Waals surface area contributed by atoms with Crippen molar-refractivity contribution >= 4 is 43.2 Å². The van der Waals surface area contributed by atoms with Crippen LogP contribution in [-0.2, 0) is 0 Å². The first-order valence-corrected chi connectivity index (χ1v) is 13.4. The lowest BCUT2D eigenvalue weighted by molar-refractivity contribution is 1.18. The van der Waals surface area contributed by atoms with E-state index in [0.717, 1.165) is 59.6 Å². The molecule has 0 unspecified atom stereocenters. The third-order valence-corrected chi connectivity index (χ3v) is 7.70. The zero-order valence-corrected chi connectivity index (χ0v) is 21.6. The van der Waals surface area contributed by atoms with E-state index in [0.29, 0.717) is 5.82 Å². The zero-order chi connectivity index (χ0) is 25.5. The Labute approximate surface area is 228 Å². The van der Waals surface area contributed by atoms with E-state index < -0.39 is 0 Å². The van der Waals surface area contributed by atoms with Crippen molar-refractivity contribution in [1.82, 2.24) is 19.9 Å². The minimum atomic E-state index is 0.234. The van der Waals surface area contributed by atoms with Gasteiger partial charge in [-0.05, 0) is 29.8 Å². The molecule has 7 rings (SSSR count). The Bertz CT molecular complexity index is 1880. The molecule has 38 heavy (non-hydrogen) atoms. The van der Waals surface area contributed by atoms with Crippen molar-refractivity contribution in [2.45, 2.75) is 0 Å². The van der Waals surface area contributed by atoms with Crippen LogP contribution in [0.4, 0.5) is 0 Å². The normalized spacial score (nSPS) is 11.3. The molecule has 4 aromatic carbocycles. The maximum atomic E-state index is 6.40. The van der Waals surface area contributed by atoms with E-state index in [9.17, 15) is 0 Å². The summed E-state index contributed by atoms with van der Waals surface area (Å²) in [7, 11) is 0. The minimum Gasteiger partial charge on any atom is -0.228 e. The summed E-state index contributed by atoms with van der Waals surface area (Å²) in [6.45, 7) is 0. The van der Waals surface area contributed by atoms with Crippen molar-refractivity contribution in [2.24, 2.45) is 0 Å². The Balaban J connectivity index is 1.43. The molecule has 7 aromatic rings. The van der Waals surface area contributed by atoms with E-state index in [1.54, 1.807) is 11.3 Å². The van der Waals surface area contributed by atoms with Crippen LogP contribution in [-0.4, -0.2) is 19.9 Å². The van der Waals surface area contributed by atoms with Gasteiger partial charge in [-0.25, -0.2) is 19.9 Å². The highest BCUT2D eigenvalue weighted by atomic mass is 35.5. The summed E-state index contributed by atoms with van der Waals surface area (Å²) in [6, 6.07) is 38.9. The molecule has 0 bridgehead atoms. The summed E-state index contributed by atoms with van der Waals surface area (Å²) in [5.41, 5.74) is 6.47. The first-order chi connectivity index (χ1) is 18.7. The highest BCUT2D eigenvalue weighted by molar-refractivity contribution is 7.25. The number of benzene rings is 4. The third-order valence-electron chi connectivity index (χ3n) is 6.47. The van der Waals surface area contributed by atoms with Crippen LogP contribution in [0, 0.1) is 0 Å². The van der Waals surface area contributed by atoms with Crippen LogP contribution in [0.1, 0.15) is 0 Å². The van der Waals surface area contributed by atoms with Crippen molar-refractivity contribution in [3.8, 4) is 45.2 Å². The van der Waals surface area contributed by atoms with Crippen LogP contribution in [0.5, 0.6) is 0 Å². The largest absolute Gasteiger partial charge is 0.228 e. The molecule has 0 N–H and O–H groups in total. The van der Waals surface area contributed by atoms with E-state index in [1.165, 1.54) is 0 Å². The van der Waals surface area contributed by atoms with Crippen LogP contribution in [0.3, 0.4) is 0 Å². The Morgan fingerprint density at radius 3 is 1.84 bits per heavy atom. The topological polar surface area (TPSA) is 51.6 Å². The molecule has 0 amide bonds. The quantitative estimate of drug-likeness (QED) is 0.215. The molecular weight excluding hydrogens is 508 g/mol. The highest BCUT2D eigenvalue weighted by Crippen LogP contribution is 2.39. The number of rotatable bonds is 4. The van der Waals surface area contributed by atoms with Gasteiger partial charge in [-0.3, -0.25) is 0 Å². The van der Waals surface area contributed by atoms with Crippen LogP contribution in [0.2, 0.25) is 5.28 Å². The van der Waals surface area contributed by atoms with Gasteiger partial charge in [0.25, 0.3) is 0 Å². The number of hydrogen-bond acceptors (Lipinski definition) is 5. The van der Waals surface area contributed by atoms with Gasteiger partial charge in [0, 0.05) is 37.7 Å². The van der Waals surface area contributed by atoms with Gasteiger partial charge < -0.3 is 0 Å². The first-order valence-electron chi connectivity index (χ1n) is 12.2. The van der Waals surface area contributed by atoms with Crippen molar-refractivity contribution in [2.75, 3.05) is 0 Å². The lowest BCUT2D eigenvalue weighted by Gasteiger charge is -2.11. The van der Waals surface area contributed by atoms with Crippen molar-refractivity contribution in [3.63, 3.8) is 0 Å². The predicted molar refractivity (Wildman–Crippen MR) is 157 cm³/mol. The second-order valence-corrected chi connectivity index (χ2v) is 10.3. The van der Waals surface area contributed by atoms with Gasteiger partial charge in [0.1, 0.15) is 4.83 Å². The Morgan fingerprint density at radius 1 is 0.526 bits per heavy atom. The summed E-state index contributed by atoms with van der Waals surface area (Å²) in [6.07, 6.45) is 0. The molecule has 0 saturated heterocycles. The number of thiophene rings is 1. The van der Waals surface area contributed by atoms with E-state index in [2.05, 4.69) is 52.4 Å². The molecule has 3 aromatic heterocycles. The monoisotopic (exact) mass is 526 g/mol. The fourth-order valence-corrected chi connectivity index (χ4v) is 6.00. The molecular formula is C32H19ClN4S. The molecule has 0 radical (unpaired) electrons. The van der Waals surface area contributed by atoms with E-state index in [1.807, 2.05) is 72.8 Å². The number of halogens is 1. The van der Waals surface area contributed by atoms with Gasteiger partial charge in [0.2, 0.25) is 5.28 Å². The van der Waals surface area contributed by atoms with Gasteiger partial charge in [-0.15, -0.1) is 11.3 Å². The van der Waals surface area contributed by atoms with Crippen LogP contribution >= 0.6 is 22.9 Å². The van der Waals surface area contributed by atoms with Gasteiger partial charge in [0.05, 0.1) is 17.1 Å². The molecule has 6 heteroatoms. The van der Waals surface area contributed by atoms with Gasteiger partial charge in [-0.2, -0.15) is 0 Å². The highest BCUT2D eigenvalue weighted by Gasteiger charge is 2.17. The van der Waals surface area contributed by atoms with Crippen LogP contribution < -0.4 is 0 Å². The maximum absolute atomic E-state index is 6.40. The van der Waals surface area contributed by atoms with Crippen LogP contribution in [0.15, 0.2) is 115 Å². The fraction of sp³-hybridized carbons (Fsp3) is 0. The molecule has 0 aliphatic carbocycles. The second kappa shape index (κ2) is 9.45. The third kappa shape index (κ3) is 4.12. The summed E-state index contributed by atoms with van der Waals surface area (Å²) in [5.74, 6) is 0.652. The summed E-state index contributed by atoms with van der Waals surface area (Å²) in [4.78, 5) is 20.0. The zero-order valence-electron chi connectivity index (χ0n) is 20.0. The SMILES string of the molecule is Clc1nc(-c2cccc(-c3nc(-c4ccccc4)cc(-c4ccccc4)n3)c2)c2c(n1)sc1ccccc12. The molecule has 0 atom stereocenters. The second-order valence-electron chi connectivity index (χ2n) is 8.89. The average molecular weight is 527 g/mol. The van der Waals surface area contributed by atoms with Crippen LogP contribution in [0.25, 0.3) is 65.5 Å². The molecule has 3 heterocycles. The van der Waals surface area contributed by atoms with Gasteiger partial charge in [0.15, 0.2) is 5.82 Å². The molecule has 0 spiro atoms. The number of aromatic nitrogens is 4. The summed E-state index contributed by atoms with van der Waals surface area (Å²) < 4.78 is 1.16. The van der Waals surface area contributed by atoms with Gasteiger partial charge >= 0.3 is 0 Å². The Hall–Kier alpha value is -4.45. The Kier molecular flexibility index (Phi) is 5.65. The lowest BCUT2D eigenvalue weighted by atomic mass is 10.0. The minimum absolute atomic E-state index is 0.234. The predicted octanol–water partition coefficient (Wildman–Crippen LogP) is 8.96. The molecule has 0 aliphatic rings. The maximum Gasteiger partial charge on any atom is 0.224 e. The van der Waals surface area contributed by atoms with Crippen molar-refractivity contribution < 1.29 is 0 Å². The summed E-state index contributed by atoms with van der Waals surface area (Å²) >= 11 is 8.02. The van der Waals surface area contributed by atoms with Gasteiger partial charge in [-0.1, -0.05) is 97.1 Å². The molecule has 180 valence electrons. The standard InChI is InChI=1S/C32H19ClN4S/c33-32-36-29(28-24-16-7-8-17-27(24)38-31(28)37-32)22-14-9-15-23(18-22)30-34-25(20-10-3-1-4-11-20)19-26(35-30)21-12-5-2-6-13-21/h1-19H. The Morgan fingerprint density at radius 2 is 1.13 bits per heavy atom. The average Bonchev–Trinajstić information content (AvgIpc) is 3.35. The molecule has 0 fully saturated rings. The smallest absolute Gasteiger partial charge is 0.224 e. The van der Waals surface area contributed by atoms with Crippen molar-refractivity contribution in [1.29, 1.82) is 0 Å².